The number of carboxylic acid groups (broad SMARTS) is 1. The van der Waals surface area contributed by atoms with Gasteiger partial charge in [0.2, 0.25) is 0 Å². The summed E-state index contributed by atoms with van der Waals surface area (Å²) in [6, 6.07) is 14.8. The fourth-order valence-electron chi connectivity index (χ4n) is 3.05. The van der Waals surface area contributed by atoms with Crippen LogP contribution in [0.25, 0.3) is 16.7 Å². The predicted molar refractivity (Wildman–Crippen MR) is 108 cm³/mol. The van der Waals surface area contributed by atoms with Gasteiger partial charge in [-0.1, -0.05) is 29.3 Å². The average molecular weight is 411 g/mol. The predicted octanol–water partition coefficient (Wildman–Crippen LogP) is 5.26. The molecule has 0 aliphatic heterocycles. The van der Waals surface area contributed by atoms with E-state index in [-0.39, 0.29) is 27.0 Å². The van der Waals surface area contributed by atoms with Crippen LogP contribution in [0.2, 0.25) is 10.0 Å². The molecule has 0 amide bonds. The SMILES string of the molecule is O=C(O)c1ccc(-n2cc(C(=O)c3c(Cl)cccc3Cl)c3ncccc32)cc1. The second-order valence-corrected chi connectivity index (χ2v) is 6.88. The van der Waals surface area contributed by atoms with Gasteiger partial charge in [-0.25, -0.2) is 4.79 Å². The first kappa shape index (κ1) is 18.2. The number of pyridine rings is 1. The third-order valence-corrected chi connectivity index (χ3v) is 5.02. The van der Waals surface area contributed by atoms with Crippen molar-refractivity contribution in [2.24, 2.45) is 0 Å². The number of benzene rings is 2. The molecule has 0 radical (unpaired) electrons. The van der Waals surface area contributed by atoms with Gasteiger partial charge in [-0.05, 0) is 48.5 Å². The van der Waals surface area contributed by atoms with Crippen molar-refractivity contribution in [3.63, 3.8) is 0 Å². The molecule has 5 nitrogen and oxygen atoms in total. The fraction of sp³-hybridized carbons (Fsp3) is 0. The number of ketones is 1. The van der Waals surface area contributed by atoms with E-state index in [1.807, 2.05) is 6.07 Å². The van der Waals surface area contributed by atoms with Crippen LogP contribution in [0.5, 0.6) is 0 Å². The maximum Gasteiger partial charge on any atom is 0.335 e. The van der Waals surface area contributed by atoms with Crippen molar-refractivity contribution in [3.8, 4) is 5.69 Å². The van der Waals surface area contributed by atoms with Gasteiger partial charge in [0.05, 0.1) is 37.8 Å². The maximum atomic E-state index is 13.2. The van der Waals surface area contributed by atoms with Gasteiger partial charge < -0.3 is 9.67 Å². The second-order valence-electron chi connectivity index (χ2n) is 6.06. The molecule has 2 aromatic heterocycles. The molecule has 1 N–H and O–H groups in total. The van der Waals surface area contributed by atoms with Crippen LogP contribution in [0, 0.1) is 0 Å². The monoisotopic (exact) mass is 410 g/mol. The molecular formula is C21H12Cl2N2O3. The standard InChI is InChI=1S/C21H12Cl2N2O3/c22-15-3-1-4-16(23)18(15)20(26)14-11-25(17-5-2-10-24-19(14)17)13-8-6-12(7-9-13)21(27)28/h1-11H,(H,27,28). The van der Waals surface area contributed by atoms with Gasteiger partial charge in [0.25, 0.3) is 0 Å². The minimum absolute atomic E-state index is 0.178. The van der Waals surface area contributed by atoms with E-state index >= 15 is 0 Å². The Hall–Kier alpha value is -3.15. The number of fused-ring (bicyclic) bond motifs is 1. The summed E-state index contributed by atoms with van der Waals surface area (Å²) in [5.41, 5.74) is 2.66. The number of aromatic carboxylic acids is 1. The summed E-state index contributed by atoms with van der Waals surface area (Å²) in [4.78, 5) is 28.6. The molecule has 0 saturated heterocycles. The second kappa shape index (κ2) is 7.11. The molecule has 2 heterocycles. The van der Waals surface area contributed by atoms with E-state index in [0.717, 1.165) is 0 Å². The molecule has 4 rings (SSSR count). The average Bonchev–Trinajstić information content (AvgIpc) is 3.07. The first-order valence-corrected chi connectivity index (χ1v) is 9.01. The Morgan fingerprint density at radius 2 is 1.61 bits per heavy atom. The Balaban J connectivity index is 1.90. The van der Waals surface area contributed by atoms with Crippen molar-refractivity contribution < 1.29 is 14.7 Å². The molecule has 28 heavy (non-hydrogen) atoms. The lowest BCUT2D eigenvalue weighted by atomic mass is 10.0. The number of carbonyl (C=O) groups excluding carboxylic acids is 1. The van der Waals surface area contributed by atoms with Crippen LogP contribution >= 0.6 is 23.2 Å². The molecule has 0 bridgehead atoms. The van der Waals surface area contributed by atoms with E-state index in [1.54, 1.807) is 53.4 Å². The Kier molecular flexibility index (Phi) is 4.63. The quantitative estimate of drug-likeness (QED) is 0.465. The lowest BCUT2D eigenvalue weighted by Crippen LogP contribution is -2.03. The highest BCUT2D eigenvalue weighted by atomic mass is 35.5. The van der Waals surface area contributed by atoms with Crippen LogP contribution in [-0.4, -0.2) is 26.4 Å². The lowest BCUT2D eigenvalue weighted by Gasteiger charge is -2.05. The zero-order chi connectivity index (χ0) is 19.8. The number of hydrogen-bond acceptors (Lipinski definition) is 3. The van der Waals surface area contributed by atoms with Gasteiger partial charge in [-0.15, -0.1) is 0 Å². The van der Waals surface area contributed by atoms with Crippen LogP contribution in [0.4, 0.5) is 0 Å². The Labute approximate surface area is 169 Å². The van der Waals surface area contributed by atoms with E-state index < -0.39 is 5.97 Å². The molecule has 4 aromatic rings. The minimum atomic E-state index is -1.00. The Morgan fingerprint density at radius 1 is 0.929 bits per heavy atom. The molecule has 0 atom stereocenters. The number of nitrogens with zero attached hydrogens (tertiary/aromatic N) is 2. The van der Waals surface area contributed by atoms with Crippen LogP contribution < -0.4 is 0 Å². The molecule has 0 aliphatic carbocycles. The largest absolute Gasteiger partial charge is 0.478 e. The van der Waals surface area contributed by atoms with Gasteiger partial charge >= 0.3 is 5.97 Å². The Bertz CT molecular complexity index is 1210. The van der Waals surface area contributed by atoms with Gasteiger partial charge in [0.15, 0.2) is 5.78 Å². The summed E-state index contributed by atoms with van der Waals surface area (Å²) in [5, 5.41) is 9.61. The summed E-state index contributed by atoms with van der Waals surface area (Å²) in [5.74, 6) is -1.34. The zero-order valence-corrected chi connectivity index (χ0v) is 15.8. The Morgan fingerprint density at radius 3 is 2.25 bits per heavy atom. The number of halogens is 2. The minimum Gasteiger partial charge on any atom is -0.478 e. The van der Waals surface area contributed by atoms with E-state index in [2.05, 4.69) is 4.98 Å². The zero-order valence-electron chi connectivity index (χ0n) is 14.3. The molecule has 0 spiro atoms. The summed E-state index contributed by atoms with van der Waals surface area (Å²) >= 11 is 12.4. The number of carbonyl (C=O) groups is 2. The topological polar surface area (TPSA) is 72.2 Å². The summed E-state index contributed by atoms with van der Waals surface area (Å²) < 4.78 is 1.78. The molecule has 7 heteroatoms. The van der Waals surface area contributed by atoms with Crippen molar-refractivity contribution >= 4 is 46.0 Å². The highest BCUT2D eigenvalue weighted by Gasteiger charge is 2.22. The number of rotatable bonds is 4. The highest BCUT2D eigenvalue weighted by molar-refractivity contribution is 6.41. The third kappa shape index (κ3) is 3.05. The number of hydrogen-bond donors (Lipinski definition) is 1. The normalized spacial score (nSPS) is 10.9. The molecule has 0 aliphatic rings. The van der Waals surface area contributed by atoms with E-state index in [9.17, 15) is 9.59 Å². The van der Waals surface area contributed by atoms with Crippen molar-refractivity contribution in [1.29, 1.82) is 0 Å². The van der Waals surface area contributed by atoms with E-state index in [1.165, 1.54) is 12.1 Å². The third-order valence-electron chi connectivity index (χ3n) is 4.39. The molecule has 2 aromatic carbocycles. The van der Waals surface area contributed by atoms with Gasteiger partial charge in [-0.2, -0.15) is 0 Å². The van der Waals surface area contributed by atoms with Crippen molar-refractivity contribution in [2.45, 2.75) is 0 Å². The summed E-state index contributed by atoms with van der Waals surface area (Å²) in [6.07, 6.45) is 3.26. The van der Waals surface area contributed by atoms with Crippen LogP contribution in [0.1, 0.15) is 26.3 Å². The van der Waals surface area contributed by atoms with Gasteiger partial charge in [0.1, 0.15) is 0 Å². The summed E-state index contributed by atoms with van der Waals surface area (Å²) in [7, 11) is 0. The summed E-state index contributed by atoms with van der Waals surface area (Å²) in [6.45, 7) is 0. The van der Waals surface area contributed by atoms with Crippen molar-refractivity contribution in [1.82, 2.24) is 9.55 Å². The fourth-order valence-corrected chi connectivity index (χ4v) is 3.62. The van der Waals surface area contributed by atoms with Crippen LogP contribution in [0.15, 0.2) is 67.0 Å². The first-order chi connectivity index (χ1) is 13.5. The molecule has 0 fully saturated rings. The van der Waals surface area contributed by atoms with Crippen LogP contribution in [0.3, 0.4) is 0 Å². The van der Waals surface area contributed by atoms with Gasteiger partial charge in [-0.3, -0.25) is 9.78 Å². The van der Waals surface area contributed by atoms with Gasteiger partial charge in [0, 0.05) is 18.1 Å². The first-order valence-electron chi connectivity index (χ1n) is 8.26. The maximum absolute atomic E-state index is 13.2. The number of aromatic nitrogens is 2. The van der Waals surface area contributed by atoms with Crippen molar-refractivity contribution in [3.05, 3.63) is 93.7 Å². The van der Waals surface area contributed by atoms with Crippen LogP contribution in [-0.2, 0) is 0 Å². The van der Waals surface area contributed by atoms with E-state index in [4.69, 9.17) is 28.3 Å². The van der Waals surface area contributed by atoms with Crippen molar-refractivity contribution in [2.75, 3.05) is 0 Å². The van der Waals surface area contributed by atoms with E-state index in [0.29, 0.717) is 22.3 Å². The molecule has 138 valence electrons. The smallest absolute Gasteiger partial charge is 0.335 e. The lowest BCUT2D eigenvalue weighted by molar-refractivity contribution is 0.0696. The molecule has 0 saturated carbocycles. The molecular weight excluding hydrogens is 399 g/mol. The number of carboxylic acids is 1. The molecule has 0 unspecified atom stereocenters. The highest BCUT2D eigenvalue weighted by Crippen LogP contribution is 2.31.